The van der Waals surface area contributed by atoms with Crippen molar-refractivity contribution in [3.8, 4) is 0 Å². The van der Waals surface area contributed by atoms with Crippen molar-refractivity contribution >= 4 is 42.8 Å². The highest BCUT2D eigenvalue weighted by atomic mass is 79.9. The first kappa shape index (κ1) is 19.0. The first-order valence-corrected chi connectivity index (χ1v) is 10.4. The molecule has 1 aromatic rings. The summed E-state index contributed by atoms with van der Waals surface area (Å²) in [7, 11) is 2.42. The van der Waals surface area contributed by atoms with E-state index in [9.17, 15) is 4.79 Å². The molecule has 0 aliphatic carbocycles. The molecule has 1 aliphatic heterocycles. The molecule has 2 rings (SSSR count). The molecule has 0 aromatic heterocycles. The molecule has 0 bridgehead atoms. The maximum Gasteiger partial charge on any atom is 0.241 e. The van der Waals surface area contributed by atoms with Gasteiger partial charge in [-0.15, -0.1) is 21.0 Å². The SMILES string of the molecule is CC1(C)SC(c2ccccc2)C(=O)N1CCCCBr.CP. The number of thioether (sulfide) groups is 1. The first-order valence-electron chi connectivity index (χ1n) is 7.24. The van der Waals surface area contributed by atoms with E-state index in [1.807, 2.05) is 41.9 Å². The summed E-state index contributed by atoms with van der Waals surface area (Å²) in [5.41, 5.74) is 1.12. The molecule has 1 saturated heterocycles. The summed E-state index contributed by atoms with van der Waals surface area (Å²) >= 11 is 5.20. The van der Waals surface area contributed by atoms with E-state index in [4.69, 9.17) is 0 Å². The van der Waals surface area contributed by atoms with Gasteiger partial charge in [-0.2, -0.15) is 0 Å². The zero-order valence-corrected chi connectivity index (χ0v) is 16.6. The molecule has 1 heterocycles. The van der Waals surface area contributed by atoms with E-state index in [2.05, 4.69) is 39.0 Å². The van der Waals surface area contributed by atoms with Gasteiger partial charge in [0, 0.05) is 11.9 Å². The lowest BCUT2D eigenvalue weighted by Crippen LogP contribution is -2.40. The predicted octanol–water partition coefficient (Wildman–Crippen LogP) is 4.71. The largest absolute Gasteiger partial charge is 0.327 e. The van der Waals surface area contributed by atoms with E-state index in [0.29, 0.717) is 0 Å². The molecular weight excluding hydrogens is 365 g/mol. The normalized spacial score (nSPS) is 20.1. The highest BCUT2D eigenvalue weighted by molar-refractivity contribution is 9.09. The third kappa shape index (κ3) is 4.97. The average molecular weight is 390 g/mol. The Morgan fingerprint density at radius 1 is 1.24 bits per heavy atom. The van der Waals surface area contributed by atoms with Crippen molar-refractivity contribution in [1.82, 2.24) is 4.90 Å². The van der Waals surface area contributed by atoms with Crippen LogP contribution < -0.4 is 0 Å². The van der Waals surface area contributed by atoms with Gasteiger partial charge in [-0.05, 0) is 32.3 Å². The number of alkyl halides is 1. The molecule has 0 N–H and O–H groups in total. The minimum absolute atomic E-state index is 0.0415. The van der Waals surface area contributed by atoms with Crippen LogP contribution in [0.4, 0.5) is 0 Å². The summed E-state index contributed by atoms with van der Waals surface area (Å²) in [6.07, 6.45) is 2.17. The van der Waals surface area contributed by atoms with Crippen molar-refractivity contribution in [2.24, 2.45) is 0 Å². The van der Waals surface area contributed by atoms with E-state index in [0.717, 1.165) is 30.3 Å². The second kappa shape index (κ2) is 9.17. The highest BCUT2D eigenvalue weighted by Crippen LogP contribution is 2.48. The Kier molecular flexibility index (Phi) is 8.30. The van der Waals surface area contributed by atoms with Gasteiger partial charge in [0.15, 0.2) is 0 Å². The van der Waals surface area contributed by atoms with Crippen LogP contribution in [-0.4, -0.2) is 34.2 Å². The maximum absolute atomic E-state index is 12.6. The number of carbonyl (C=O) groups excluding carboxylic acids is 1. The lowest BCUT2D eigenvalue weighted by molar-refractivity contribution is -0.131. The van der Waals surface area contributed by atoms with E-state index in [-0.39, 0.29) is 16.0 Å². The van der Waals surface area contributed by atoms with Crippen LogP contribution in [0, 0.1) is 0 Å². The van der Waals surface area contributed by atoms with Gasteiger partial charge in [-0.1, -0.05) is 52.9 Å². The molecule has 5 heteroatoms. The topological polar surface area (TPSA) is 20.3 Å². The number of unbranched alkanes of at least 4 members (excludes halogenated alkanes) is 1. The molecule has 0 radical (unpaired) electrons. The third-order valence-corrected chi connectivity index (χ3v) is 5.48. The summed E-state index contributed by atoms with van der Waals surface area (Å²) in [6, 6.07) is 10.1. The molecule has 2 nitrogen and oxygen atoms in total. The summed E-state index contributed by atoms with van der Waals surface area (Å²) in [5.74, 6) is 0.260. The fourth-order valence-electron chi connectivity index (χ4n) is 2.39. The molecule has 2 unspecified atom stereocenters. The smallest absolute Gasteiger partial charge is 0.241 e. The summed E-state index contributed by atoms with van der Waals surface area (Å²) in [6.45, 7) is 7.06. The Bertz CT molecular complexity index is 441. The van der Waals surface area contributed by atoms with E-state index < -0.39 is 0 Å². The van der Waals surface area contributed by atoms with Crippen molar-refractivity contribution in [2.45, 2.75) is 36.8 Å². The zero-order chi connectivity index (χ0) is 15.9. The van der Waals surface area contributed by atoms with Crippen molar-refractivity contribution in [1.29, 1.82) is 0 Å². The number of halogens is 1. The number of rotatable bonds is 5. The quantitative estimate of drug-likeness (QED) is 0.413. The van der Waals surface area contributed by atoms with Gasteiger partial charge in [-0.3, -0.25) is 4.79 Å². The van der Waals surface area contributed by atoms with Gasteiger partial charge >= 0.3 is 0 Å². The molecule has 1 aliphatic rings. The second-order valence-electron chi connectivity index (χ2n) is 5.24. The van der Waals surface area contributed by atoms with Gasteiger partial charge in [-0.25, -0.2) is 0 Å². The number of hydrogen-bond acceptors (Lipinski definition) is 2. The van der Waals surface area contributed by atoms with E-state index in [1.165, 1.54) is 0 Å². The van der Waals surface area contributed by atoms with Gasteiger partial charge in [0.25, 0.3) is 0 Å². The van der Waals surface area contributed by atoms with Crippen LogP contribution in [0.2, 0.25) is 0 Å². The lowest BCUT2D eigenvalue weighted by Gasteiger charge is -2.30. The Morgan fingerprint density at radius 3 is 2.43 bits per heavy atom. The van der Waals surface area contributed by atoms with Crippen molar-refractivity contribution in [3.63, 3.8) is 0 Å². The molecule has 1 aromatic carbocycles. The molecule has 1 fully saturated rings. The fourth-order valence-corrected chi connectivity index (χ4v) is 4.19. The molecule has 1 amide bonds. The molecule has 0 spiro atoms. The van der Waals surface area contributed by atoms with Gasteiger partial charge in [0.1, 0.15) is 5.25 Å². The number of benzene rings is 1. The minimum atomic E-state index is -0.107. The number of hydrogen-bond donors (Lipinski definition) is 0. The van der Waals surface area contributed by atoms with Crippen LogP contribution >= 0.6 is 36.9 Å². The first-order chi connectivity index (χ1) is 10.1. The summed E-state index contributed by atoms with van der Waals surface area (Å²) < 4.78 is 0. The lowest BCUT2D eigenvalue weighted by atomic mass is 10.1. The molecule has 0 saturated carbocycles. The fraction of sp³-hybridized carbons (Fsp3) is 0.562. The Hall–Kier alpha value is -0.0500. The third-order valence-electron chi connectivity index (χ3n) is 3.41. The van der Waals surface area contributed by atoms with Gasteiger partial charge in [0.05, 0.1) is 4.87 Å². The zero-order valence-electron chi connectivity index (χ0n) is 13.0. The number of nitrogens with zero attached hydrogens (tertiary/aromatic N) is 1. The predicted molar refractivity (Wildman–Crippen MR) is 101 cm³/mol. The number of amides is 1. The minimum Gasteiger partial charge on any atom is -0.327 e. The van der Waals surface area contributed by atoms with Crippen LogP contribution in [0.5, 0.6) is 0 Å². The van der Waals surface area contributed by atoms with Gasteiger partial charge < -0.3 is 4.90 Å². The van der Waals surface area contributed by atoms with Crippen molar-refractivity contribution in [2.75, 3.05) is 18.5 Å². The highest BCUT2D eigenvalue weighted by Gasteiger charge is 2.45. The van der Waals surface area contributed by atoms with Crippen molar-refractivity contribution in [3.05, 3.63) is 35.9 Å². The molecular formula is C16H25BrNOPS. The van der Waals surface area contributed by atoms with Crippen molar-refractivity contribution < 1.29 is 4.79 Å². The second-order valence-corrected chi connectivity index (χ2v) is 7.74. The average Bonchev–Trinajstić information content (AvgIpc) is 2.73. The van der Waals surface area contributed by atoms with Gasteiger partial charge in [0.2, 0.25) is 5.91 Å². The van der Waals surface area contributed by atoms with Crippen LogP contribution in [0.1, 0.15) is 37.5 Å². The van der Waals surface area contributed by atoms with Crippen LogP contribution in [-0.2, 0) is 4.79 Å². The summed E-state index contributed by atoms with van der Waals surface area (Å²) in [4.78, 5) is 14.5. The van der Waals surface area contributed by atoms with E-state index in [1.54, 1.807) is 11.8 Å². The molecule has 2 atom stereocenters. The standard InChI is InChI=1S/C15H20BrNOS.CH5P/c1-15(2)17(11-7-6-10-16)14(18)13(19-15)12-8-4-3-5-9-12;1-2/h3-5,8-9,13H,6-7,10-11H2,1-2H3;2H2,1H3. The number of carbonyl (C=O) groups is 1. The molecule has 118 valence electrons. The Morgan fingerprint density at radius 2 is 1.86 bits per heavy atom. The Balaban J connectivity index is 0.00000106. The summed E-state index contributed by atoms with van der Waals surface area (Å²) in [5, 5.41) is 0.963. The Labute approximate surface area is 143 Å². The van der Waals surface area contributed by atoms with Crippen LogP contribution in [0.15, 0.2) is 30.3 Å². The monoisotopic (exact) mass is 389 g/mol. The van der Waals surface area contributed by atoms with Crippen LogP contribution in [0.3, 0.4) is 0 Å². The molecule has 21 heavy (non-hydrogen) atoms. The van der Waals surface area contributed by atoms with E-state index >= 15 is 0 Å². The van der Waals surface area contributed by atoms with Crippen LogP contribution in [0.25, 0.3) is 0 Å². The maximum atomic E-state index is 12.6.